The van der Waals surface area contributed by atoms with E-state index in [2.05, 4.69) is 15.9 Å². The topological polar surface area (TPSA) is 90.0 Å². The number of carbonyl (C=O) groups excluding carboxylic acids is 4. The van der Waals surface area contributed by atoms with Crippen LogP contribution in [0.3, 0.4) is 0 Å². The van der Waals surface area contributed by atoms with Crippen LogP contribution < -0.4 is 4.90 Å². The standard InChI is InChI=1S/C24H15BrClNO6/c25-17-12-11-16(13-18(17)26)27-21(28)19(32-23(30)14-7-3-1-4-8-14)20(22(27)29)33-24(31)15-9-5-2-6-10-15/h1-13,19-20H/t19-,20-/m0/s1. The number of ether oxygens (including phenoxy) is 2. The van der Waals surface area contributed by atoms with E-state index in [9.17, 15) is 19.2 Å². The zero-order valence-corrected chi connectivity index (χ0v) is 19.2. The number of anilines is 1. The van der Waals surface area contributed by atoms with Gasteiger partial charge in [-0.1, -0.05) is 48.0 Å². The molecule has 7 nitrogen and oxygen atoms in total. The third-order valence-corrected chi connectivity index (χ3v) is 6.08. The highest BCUT2D eigenvalue weighted by Gasteiger charge is 2.53. The van der Waals surface area contributed by atoms with E-state index in [1.54, 1.807) is 42.5 Å². The van der Waals surface area contributed by atoms with Crippen molar-refractivity contribution in [3.63, 3.8) is 0 Å². The second kappa shape index (κ2) is 9.56. The molecule has 0 saturated carbocycles. The van der Waals surface area contributed by atoms with E-state index < -0.39 is 36.0 Å². The van der Waals surface area contributed by atoms with E-state index in [1.165, 1.54) is 36.4 Å². The smallest absolute Gasteiger partial charge is 0.339 e. The summed E-state index contributed by atoms with van der Waals surface area (Å²) < 4.78 is 11.3. The number of hydrogen-bond donors (Lipinski definition) is 0. The lowest BCUT2D eigenvalue weighted by molar-refractivity contribution is -0.130. The van der Waals surface area contributed by atoms with Crippen LogP contribution in [0.15, 0.2) is 83.3 Å². The van der Waals surface area contributed by atoms with Gasteiger partial charge < -0.3 is 9.47 Å². The lowest BCUT2D eigenvalue weighted by atomic mass is 10.2. The molecule has 0 spiro atoms. The van der Waals surface area contributed by atoms with Crippen LogP contribution in [0.25, 0.3) is 0 Å². The van der Waals surface area contributed by atoms with Crippen LogP contribution in [0.5, 0.6) is 0 Å². The summed E-state index contributed by atoms with van der Waals surface area (Å²) in [4.78, 5) is 52.4. The second-order valence-electron chi connectivity index (χ2n) is 6.99. The van der Waals surface area contributed by atoms with Crippen molar-refractivity contribution in [3.8, 4) is 0 Å². The first-order chi connectivity index (χ1) is 15.9. The number of carbonyl (C=O) groups is 4. The number of nitrogens with zero attached hydrogens (tertiary/aromatic N) is 1. The molecule has 1 aliphatic rings. The molecule has 9 heteroatoms. The number of imide groups is 1. The molecule has 1 heterocycles. The molecule has 166 valence electrons. The van der Waals surface area contributed by atoms with E-state index in [-0.39, 0.29) is 21.8 Å². The second-order valence-corrected chi connectivity index (χ2v) is 8.26. The Morgan fingerprint density at radius 1 is 0.758 bits per heavy atom. The van der Waals surface area contributed by atoms with Crippen molar-refractivity contribution in [2.75, 3.05) is 4.90 Å². The summed E-state index contributed by atoms with van der Waals surface area (Å²) in [6.45, 7) is 0. The van der Waals surface area contributed by atoms with Crippen LogP contribution in [-0.4, -0.2) is 36.0 Å². The maximum atomic E-state index is 13.2. The van der Waals surface area contributed by atoms with Crippen LogP contribution in [0, 0.1) is 0 Å². The van der Waals surface area contributed by atoms with Gasteiger partial charge in [-0.15, -0.1) is 0 Å². The Bertz CT molecular complexity index is 1160. The van der Waals surface area contributed by atoms with Gasteiger partial charge in [0.1, 0.15) is 0 Å². The fraction of sp³-hybridized carbons (Fsp3) is 0.0833. The van der Waals surface area contributed by atoms with E-state index in [4.69, 9.17) is 21.1 Å². The van der Waals surface area contributed by atoms with Gasteiger partial charge in [-0.05, 0) is 58.4 Å². The van der Waals surface area contributed by atoms with Gasteiger partial charge in [0, 0.05) is 4.47 Å². The quantitative estimate of drug-likeness (QED) is 0.360. The molecule has 1 aliphatic heterocycles. The van der Waals surface area contributed by atoms with Crippen LogP contribution >= 0.6 is 27.5 Å². The summed E-state index contributed by atoms with van der Waals surface area (Å²) in [5, 5.41) is 0.260. The third-order valence-electron chi connectivity index (χ3n) is 4.85. The fourth-order valence-corrected chi connectivity index (χ4v) is 3.66. The third kappa shape index (κ3) is 4.67. The van der Waals surface area contributed by atoms with E-state index in [0.717, 1.165) is 4.90 Å². The van der Waals surface area contributed by atoms with E-state index in [0.29, 0.717) is 4.47 Å². The highest BCUT2D eigenvalue weighted by Crippen LogP contribution is 2.32. The number of rotatable bonds is 5. The zero-order chi connectivity index (χ0) is 23.5. The molecule has 0 aliphatic carbocycles. The van der Waals surface area contributed by atoms with Gasteiger partial charge in [-0.25, -0.2) is 14.5 Å². The van der Waals surface area contributed by atoms with E-state index >= 15 is 0 Å². The molecule has 0 unspecified atom stereocenters. The normalized spacial score (nSPS) is 17.7. The maximum Gasteiger partial charge on any atom is 0.339 e. The molecular formula is C24H15BrClNO6. The predicted octanol–water partition coefficient (Wildman–Crippen LogP) is 4.43. The highest BCUT2D eigenvalue weighted by molar-refractivity contribution is 9.10. The molecule has 1 saturated heterocycles. The van der Waals surface area contributed by atoms with Crippen molar-refractivity contribution < 1.29 is 28.7 Å². The van der Waals surface area contributed by atoms with Crippen molar-refractivity contribution in [2.24, 2.45) is 0 Å². The highest BCUT2D eigenvalue weighted by atomic mass is 79.9. The zero-order valence-electron chi connectivity index (χ0n) is 16.8. The Kier molecular flexibility index (Phi) is 6.57. The average molecular weight is 529 g/mol. The number of benzene rings is 3. The molecule has 33 heavy (non-hydrogen) atoms. The van der Waals surface area contributed by atoms with Gasteiger partial charge in [0.15, 0.2) is 0 Å². The lowest BCUT2D eigenvalue weighted by Crippen LogP contribution is -2.37. The Hall–Kier alpha value is -3.49. The molecule has 0 bridgehead atoms. The van der Waals surface area contributed by atoms with Gasteiger partial charge in [-0.2, -0.15) is 0 Å². The van der Waals surface area contributed by atoms with Crippen molar-refractivity contribution in [1.82, 2.24) is 0 Å². The minimum absolute atomic E-state index is 0.150. The Morgan fingerprint density at radius 2 is 1.21 bits per heavy atom. The summed E-state index contributed by atoms with van der Waals surface area (Å²) >= 11 is 9.37. The predicted molar refractivity (Wildman–Crippen MR) is 123 cm³/mol. The summed E-state index contributed by atoms with van der Waals surface area (Å²) in [6, 6.07) is 20.4. The molecule has 0 radical (unpaired) electrons. The van der Waals surface area contributed by atoms with Crippen LogP contribution in [0.1, 0.15) is 20.7 Å². The summed E-state index contributed by atoms with van der Waals surface area (Å²) in [5.41, 5.74) is 0.504. The van der Waals surface area contributed by atoms with Crippen LogP contribution in [0.2, 0.25) is 5.02 Å². The lowest BCUT2D eigenvalue weighted by Gasteiger charge is -2.16. The van der Waals surface area contributed by atoms with Crippen LogP contribution in [-0.2, 0) is 19.1 Å². The van der Waals surface area contributed by atoms with Gasteiger partial charge >= 0.3 is 11.9 Å². The summed E-state index contributed by atoms with van der Waals surface area (Å²) in [6.07, 6.45) is -3.33. The molecule has 0 N–H and O–H groups in total. The Labute approximate surface area is 202 Å². The number of amides is 2. The summed E-state index contributed by atoms with van der Waals surface area (Å²) in [7, 11) is 0. The minimum atomic E-state index is -1.67. The SMILES string of the molecule is O=C(O[C@@H]1C(=O)N(c2ccc(Br)c(Cl)c2)C(=O)[C@H]1OC(=O)c1ccccc1)c1ccccc1. The molecule has 3 aromatic carbocycles. The molecular weight excluding hydrogens is 514 g/mol. The van der Waals surface area contributed by atoms with Crippen molar-refractivity contribution in [2.45, 2.75) is 12.2 Å². The molecule has 4 rings (SSSR count). The van der Waals surface area contributed by atoms with Gasteiger partial charge in [0.25, 0.3) is 11.8 Å². The van der Waals surface area contributed by atoms with E-state index in [1.807, 2.05) is 0 Å². The minimum Gasteiger partial charge on any atom is -0.444 e. The number of halogens is 2. The molecule has 2 amide bonds. The molecule has 2 atom stereocenters. The molecule has 3 aromatic rings. The number of esters is 2. The summed E-state index contributed by atoms with van der Waals surface area (Å²) in [5.74, 6) is -3.38. The Balaban J connectivity index is 1.67. The Morgan fingerprint density at radius 3 is 1.64 bits per heavy atom. The maximum absolute atomic E-state index is 13.2. The van der Waals surface area contributed by atoms with Crippen LogP contribution in [0.4, 0.5) is 5.69 Å². The first-order valence-corrected chi connectivity index (χ1v) is 10.9. The molecule has 1 fully saturated rings. The van der Waals surface area contributed by atoms with Gasteiger partial charge in [0.05, 0.1) is 21.8 Å². The van der Waals surface area contributed by atoms with Crippen molar-refractivity contribution in [1.29, 1.82) is 0 Å². The van der Waals surface area contributed by atoms with Crippen molar-refractivity contribution >= 4 is 57.0 Å². The first-order valence-electron chi connectivity index (χ1n) is 9.72. The monoisotopic (exact) mass is 527 g/mol. The van der Waals surface area contributed by atoms with Gasteiger partial charge in [-0.3, -0.25) is 9.59 Å². The fourth-order valence-electron chi connectivity index (χ4n) is 3.24. The number of hydrogen-bond acceptors (Lipinski definition) is 6. The molecule has 0 aromatic heterocycles. The average Bonchev–Trinajstić information content (AvgIpc) is 3.06. The van der Waals surface area contributed by atoms with Gasteiger partial charge in [0.2, 0.25) is 12.2 Å². The first kappa shape index (κ1) is 22.7. The largest absolute Gasteiger partial charge is 0.444 e. The van der Waals surface area contributed by atoms with Crippen molar-refractivity contribution in [3.05, 3.63) is 99.5 Å².